The number of likely N-dealkylation sites (tertiary alicyclic amines) is 1. The lowest BCUT2D eigenvalue weighted by atomic mass is 9.83. The van der Waals surface area contributed by atoms with E-state index in [1.165, 1.54) is 30.4 Å². The monoisotopic (exact) mass is 432 g/mol. The van der Waals surface area contributed by atoms with Crippen LogP contribution in [0.5, 0.6) is 5.75 Å². The van der Waals surface area contributed by atoms with E-state index in [4.69, 9.17) is 4.74 Å². The van der Waals surface area contributed by atoms with Crippen LogP contribution in [-0.2, 0) is 17.9 Å². The Morgan fingerprint density at radius 2 is 2.03 bits per heavy atom. The van der Waals surface area contributed by atoms with Crippen molar-refractivity contribution in [2.24, 2.45) is 5.92 Å². The van der Waals surface area contributed by atoms with Gasteiger partial charge in [0.25, 0.3) is 0 Å². The first-order chi connectivity index (χ1) is 15.6. The highest BCUT2D eigenvalue weighted by Gasteiger charge is 2.31. The summed E-state index contributed by atoms with van der Waals surface area (Å²) in [6.45, 7) is 4.89. The van der Waals surface area contributed by atoms with E-state index in [9.17, 15) is 10.1 Å². The second kappa shape index (κ2) is 10.1. The van der Waals surface area contributed by atoms with Gasteiger partial charge in [0.05, 0.1) is 23.2 Å². The molecule has 2 aliphatic rings. The molecule has 1 saturated carbocycles. The summed E-state index contributed by atoms with van der Waals surface area (Å²) in [5.74, 6) is 1.50. The topological polar surface area (TPSA) is 78.3 Å². The molecule has 1 amide bonds. The number of nitriles is 1. The predicted molar refractivity (Wildman–Crippen MR) is 123 cm³/mol. The van der Waals surface area contributed by atoms with Gasteiger partial charge in [-0.1, -0.05) is 25.3 Å². The van der Waals surface area contributed by atoms with E-state index >= 15 is 0 Å². The molecule has 0 spiro atoms. The maximum absolute atomic E-state index is 11.7. The Morgan fingerprint density at radius 3 is 2.72 bits per heavy atom. The fourth-order valence-corrected chi connectivity index (χ4v) is 4.83. The van der Waals surface area contributed by atoms with Gasteiger partial charge in [-0.15, -0.1) is 0 Å². The molecule has 4 rings (SSSR count). The van der Waals surface area contributed by atoms with Crippen molar-refractivity contribution in [1.29, 1.82) is 5.26 Å². The summed E-state index contributed by atoms with van der Waals surface area (Å²) in [4.78, 5) is 18.5. The molecule has 6 nitrogen and oxygen atoms in total. The molecular weight excluding hydrogens is 400 g/mol. The average Bonchev–Trinajstić information content (AvgIpc) is 2.80. The molecule has 0 bridgehead atoms. The largest absolute Gasteiger partial charge is 0.487 e. The van der Waals surface area contributed by atoms with Gasteiger partial charge in [0, 0.05) is 32.9 Å². The standard InChI is InChI=1S/C26H32N4O2/c1-18-10-24(9-8-20(18)14-30-15-22(16-30)26(31)28-2)32-17-23-11-21(12-27)25(13-29-23)19-6-4-3-5-7-19/h8-11,13,19,22H,3-7,14-17H2,1-2H3,(H,28,31). The van der Waals surface area contributed by atoms with Crippen LogP contribution in [0, 0.1) is 24.2 Å². The predicted octanol–water partition coefficient (Wildman–Crippen LogP) is 4.07. The highest BCUT2D eigenvalue weighted by atomic mass is 16.5. The molecule has 32 heavy (non-hydrogen) atoms. The number of carbonyl (C=O) groups excluding carboxylic acids is 1. The number of benzene rings is 1. The lowest BCUT2D eigenvalue weighted by Gasteiger charge is -2.38. The number of nitrogens with zero attached hydrogens (tertiary/aromatic N) is 3. The summed E-state index contributed by atoms with van der Waals surface area (Å²) < 4.78 is 5.98. The maximum Gasteiger partial charge on any atom is 0.225 e. The highest BCUT2D eigenvalue weighted by molar-refractivity contribution is 5.79. The van der Waals surface area contributed by atoms with Crippen LogP contribution in [0.15, 0.2) is 30.5 Å². The molecule has 168 valence electrons. The zero-order valence-electron chi connectivity index (χ0n) is 19.1. The summed E-state index contributed by atoms with van der Waals surface area (Å²) in [7, 11) is 1.69. The number of hydrogen-bond acceptors (Lipinski definition) is 5. The molecule has 0 unspecified atom stereocenters. The van der Waals surface area contributed by atoms with Crippen molar-refractivity contribution < 1.29 is 9.53 Å². The minimum Gasteiger partial charge on any atom is -0.487 e. The molecule has 1 aromatic heterocycles. The van der Waals surface area contributed by atoms with Crippen molar-refractivity contribution in [1.82, 2.24) is 15.2 Å². The van der Waals surface area contributed by atoms with Crippen LogP contribution in [0.3, 0.4) is 0 Å². The van der Waals surface area contributed by atoms with Crippen molar-refractivity contribution in [2.75, 3.05) is 20.1 Å². The summed E-state index contributed by atoms with van der Waals surface area (Å²) >= 11 is 0. The van der Waals surface area contributed by atoms with Gasteiger partial charge in [0.15, 0.2) is 0 Å². The number of aromatic nitrogens is 1. The molecule has 1 aromatic carbocycles. The number of rotatable bonds is 7. The number of amides is 1. The van der Waals surface area contributed by atoms with Crippen LogP contribution < -0.4 is 10.1 Å². The van der Waals surface area contributed by atoms with Crippen molar-refractivity contribution in [3.63, 3.8) is 0 Å². The third kappa shape index (κ3) is 5.11. The molecule has 2 aromatic rings. The molecule has 6 heteroatoms. The number of pyridine rings is 1. The van der Waals surface area contributed by atoms with Crippen LogP contribution in [0.2, 0.25) is 0 Å². The Hall–Kier alpha value is -2.91. The van der Waals surface area contributed by atoms with Gasteiger partial charge in [0.2, 0.25) is 5.91 Å². The lowest BCUT2D eigenvalue weighted by molar-refractivity contribution is -0.129. The van der Waals surface area contributed by atoms with Gasteiger partial charge in [-0.2, -0.15) is 5.26 Å². The number of aryl methyl sites for hydroxylation is 1. The first-order valence-corrected chi connectivity index (χ1v) is 11.6. The highest BCUT2D eigenvalue weighted by Crippen LogP contribution is 2.34. The number of ether oxygens (including phenoxy) is 1. The molecule has 0 radical (unpaired) electrons. The van der Waals surface area contributed by atoms with Gasteiger partial charge < -0.3 is 10.1 Å². The van der Waals surface area contributed by atoms with Crippen molar-refractivity contribution in [2.45, 2.75) is 58.1 Å². The van der Waals surface area contributed by atoms with Crippen LogP contribution >= 0.6 is 0 Å². The minimum absolute atomic E-state index is 0.109. The maximum atomic E-state index is 11.7. The zero-order chi connectivity index (χ0) is 22.5. The van der Waals surface area contributed by atoms with Gasteiger partial charge in [-0.25, -0.2) is 0 Å². The second-order valence-corrected chi connectivity index (χ2v) is 9.09. The SMILES string of the molecule is CNC(=O)C1CN(Cc2ccc(OCc3cc(C#N)c(C4CCCCC4)cn3)cc2C)C1. The van der Waals surface area contributed by atoms with Crippen LogP contribution in [-0.4, -0.2) is 35.9 Å². The van der Waals surface area contributed by atoms with Gasteiger partial charge >= 0.3 is 0 Å². The van der Waals surface area contributed by atoms with Gasteiger partial charge in [-0.3, -0.25) is 14.7 Å². The smallest absolute Gasteiger partial charge is 0.225 e. The van der Waals surface area contributed by atoms with Crippen LogP contribution in [0.1, 0.15) is 66.0 Å². The molecule has 1 aliphatic heterocycles. The third-order valence-corrected chi connectivity index (χ3v) is 6.83. The van der Waals surface area contributed by atoms with Crippen molar-refractivity contribution >= 4 is 5.91 Å². The molecule has 1 saturated heterocycles. The Morgan fingerprint density at radius 1 is 1.25 bits per heavy atom. The van der Waals surface area contributed by atoms with Crippen LogP contribution in [0.4, 0.5) is 0 Å². The minimum atomic E-state index is 0.109. The zero-order valence-corrected chi connectivity index (χ0v) is 19.1. The van der Waals surface area contributed by atoms with E-state index < -0.39 is 0 Å². The Balaban J connectivity index is 1.33. The summed E-state index contributed by atoms with van der Waals surface area (Å²) in [6.07, 6.45) is 7.97. The molecule has 2 fully saturated rings. The number of nitrogens with one attached hydrogen (secondary N) is 1. The average molecular weight is 433 g/mol. The second-order valence-electron chi connectivity index (χ2n) is 9.09. The first-order valence-electron chi connectivity index (χ1n) is 11.6. The number of carbonyl (C=O) groups is 1. The fourth-order valence-electron chi connectivity index (χ4n) is 4.83. The summed E-state index contributed by atoms with van der Waals surface area (Å²) in [6, 6.07) is 10.4. The Kier molecular flexibility index (Phi) is 7.06. The Bertz CT molecular complexity index is 1000. The molecular formula is C26H32N4O2. The quantitative estimate of drug-likeness (QED) is 0.714. The Labute approximate surface area is 190 Å². The summed E-state index contributed by atoms with van der Waals surface area (Å²) in [5.41, 5.74) is 5.03. The van der Waals surface area contributed by atoms with E-state index in [1.54, 1.807) is 7.05 Å². The lowest BCUT2D eigenvalue weighted by Crippen LogP contribution is -2.52. The third-order valence-electron chi connectivity index (χ3n) is 6.83. The van der Waals surface area contributed by atoms with Gasteiger partial charge in [0.1, 0.15) is 12.4 Å². The van der Waals surface area contributed by atoms with E-state index in [0.29, 0.717) is 12.5 Å². The van der Waals surface area contributed by atoms with Gasteiger partial charge in [-0.05, 0) is 60.6 Å². The van der Waals surface area contributed by atoms with E-state index in [0.717, 1.165) is 55.0 Å². The van der Waals surface area contributed by atoms with Crippen molar-refractivity contribution in [3.05, 3.63) is 58.4 Å². The van der Waals surface area contributed by atoms with Crippen LogP contribution in [0.25, 0.3) is 0 Å². The van der Waals surface area contributed by atoms with E-state index in [-0.39, 0.29) is 11.8 Å². The van der Waals surface area contributed by atoms with E-state index in [1.807, 2.05) is 24.4 Å². The first kappa shape index (κ1) is 22.3. The molecule has 0 atom stereocenters. The number of hydrogen-bond donors (Lipinski definition) is 1. The van der Waals surface area contributed by atoms with E-state index in [2.05, 4.69) is 34.3 Å². The molecule has 1 aliphatic carbocycles. The molecule has 1 N–H and O–H groups in total. The fraction of sp³-hybridized carbons (Fsp3) is 0.500. The normalized spacial score (nSPS) is 17.4. The van der Waals surface area contributed by atoms with Crippen molar-refractivity contribution in [3.8, 4) is 11.8 Å². The summed E-state index contributed by atoms with van der Waals surface area (Å²) in [5, 5.41) is 12.4. The molecule has 2 heterocycles.